The largest absolute Gasteiger partial charge is 0.372 e. The summed E-state index contributed by atoms with van der Waals surface area (Å²) in [5.74, 6) is 0.233. The third kappa shape index (κ3) is 4.54. The topological polar surface area (TPSA) is 70.2 Å². The van der Waals surface area contributed by atoms with Crippen molar-refractivity contribution in [2.75, 3.05) is 28.6 Å². The molecular formula is C23H25N5O. The van der Waals surface area contributed by atoms with Crippen LogP contribution in [0.25, 0.3) is 0 Å². The first-order valence-corrected chi connectivity index (χ1v) is 9.91. The quantitative estimate of drug-likeness (QED) is 0.665. The first-order valence-electron chi connectivity index (χ1n) is 9.91. The number of nitrogens with one attached hydrogen (secondary N) is 2. The second-order valence-electron chi connectivity index (χ2n) is 7.41. The third-order valence-corrected chi connectivity index (χ3v) is 5.27. The van der Waals surface area contributed by atoms with Crippen LogP contribution in [-0.4, -0.2) is 29.0 Å². The standard InChI is InChI=1S/C23H25N5O/c1-16-5-6-20(13-17(16)2)27-23-24-14-18(15-25-23)22(29)26-19-7-9-21(10-8-19)28-11-3-4-12-28/h5-10,13-15H,3-4,11-12H2,1-2H3,(H,26,29)(H,24,25,27). The van der Waals surface area contributed by atoms with E-state index in [2.05, 4.69) is 45.4 Å². The molecule has 148 valence electrons. The van der Waals surface area contributed by atoms with E-state index in [1.54, 1.807) is 0 Å². The van der Waals surface area contributed by atoms with Gasteiger partial charge in [-0.25, -0.2) is 9.97 Å². The number of aryl methyl sites for hydroxylation is 2. The van der Waals surface area contributed by atoms with Crippen LogP contribution in [0.3, 0.4) is 0 Å². The van der Waals surface area contributed by atoms with Crippen molar-refractivity contribution in [1.82, 2.24) is 9.97 Å². The summed E-state index contributed by atoms with van der Waals surface area (Å²) in [4.78, 5) is 23.4. The van der Waals surface area contributed by atoms with Gasteiger partial charge < -0.3 is 15.5 Å². The van der Waals surface area contributed by atoms with E-state index in [9.17, 15) is 4.79 Å². The summed E-state index contributed by atoms with van der Waals surface area (Å²) in [5, 5.41) is 6.06. The van der Waals surface area contributed by atoms with Crippen molar-refractivity contribution in [2.24, 2.45) is 0 Å². The lowest BCUT2D eigenvalue weighted by atomic mass is 10.1. The van der Waals surface area contributed by atoms with Gasteiger partial charge in [-0.05, 0) is 74.2 Å². The monoisotopic (exact) mass is 387 g/mol. The van der Waals surface area contributed by atoms with E-state index < -0.39 is 0 Å². The molecule has 0 saturated carbocycles. The molecule has 1 fully saturated rings. The fourth-order valence-corrected chi connectivity index (χ4v) is 3.39. The van der Waals surface area contributed by atoms with Crippen LogP contribution in [-0.2, 0) is 0 Å². The molecule has 2 aromatic carbocycles. The molecule has 2 N–H and O–H groups in total. The van der Waals surface area contributed by atoms with Crippen molar-refractivity contribution in [3.8, 4) is 0 Å². The van der Waals surface area contributed by atoms with E-state index in [0.29, 0.717) is 11.5 Å². The molecule has 29 heavy (non-hydrogen) atoms. The van der Waals surface area contributed by atoms with E-state index in [4.69, 9.17) is 0 Å². The number of amides is 1. The Morgan fingerprint density at radius 1 is 0.897 bits per heavy atom. The van der Waals surface area contributed by atoms with Crippen molar-refractivity contribution < 1.29 is 4.79 Å². The zero-order valence-corrected chi connectivity index (χ0v) is 16.8. The van der Waals surface area contributed by atoms with Crippen LogP contribution >= 0.6 is 0 Å². The number of carbonyl (C=O) groups is 1. The predicted molar refractivity (Wildman–Crippen MR) is 117 cm³/mol. The molecule has 1 aromatic heterocycles. The first kappa shape index (κ1) is 18.9. The second-order valence-corrected chi connectivity index (χ2v) is 7.41. The fraction of sp³-hybridized carbons (Fsp3) is 0.261. The summed E-state index contributed by atoms with van der Waals surface area (Å²) in [7, 11) is 0. The Labute approximate surface area is 171 Å². The van der Waals surface area contributed by atoms with Crippen molar-refractivity contribution in [1.29, 1.82) is 0 Å². The SMILES string of the molecule is Cc1ccc(Nc2ncc(C(=O)Nc3ccc(N4CCCC4)cc3)cn2)cc1C. The van der Waals surface area contributed by atoms with Gasteiger partial charge in [0.05, 0.1) is 5.56 Å². The van der Waals surface area contributed by atoms with Gasteiger partial charge in [0.25, 0.3) is 5.91 Å². The minimum atomic E-state index is -0.225. The van der Waals surface area contributed by atoms with Crippen molar-refractivity contribution in [3.05, 3.63) is 71.5 Å². The average molecular weight is 387 g/mol. The molecule has 1 amide bonds. The number of nitrogens with zero attached hydrogens (tertiary/aromatic N) is 3. The van der Waals surface area contributed by atoms with Gasteiger partial charge in [-0.15, -0.1) is 0 Å². The predicted octanol–water partition coefficient (Wildman–Crippen LogP) is 4.69. The molecule has 6 heteroatoms. The Kier molecular flexibility index (Phi) is 5.42. The number of anilines is 4. The molecule has 6 nitrogen and oxygen atoms in total. The van der Waals surface area contributed by atoms with Gasteiger partial charge in [0.2, 0.25) is 5.95 Å². The van der Waals surface area contributed by atoms with E-state index in [-0.39, 0.29) is 5.91 Å². The minimum absolute atomic E-state index is 0.225. The molecule has 0 radical (unpaired) electrons. The van der Waals surface area contributed by atoms with Crippen LogP contribution in [0.15, 0.2) is 54.9 Å². The Hall–Kier alpha value is -3.41. The molecule has 0 bridgehead atoms. The minimum Gasteiger partial charge on any atom is -0.372 e. The van der Waals surface area contributed by atoms with Crippen LogP contribution in [0.2, 0.25) is 0 Å². The number of benzene rings is 2. The third-order valence-electron chi connectivity index (χ3n) is 5.27. The van der Waals surface area contributed by atoms with Crippen molar-refractivity contribution in [3.63, 3.8) is 0 Å². The summed E-state index contributed by atoms with van der Waals surface area (Å²) < 4.78 is 0. The van der Waals surface area contributed by atoms with Crippen LogP contribution in [0.4, 0.5) is 23.0 Å². The van der Waals surface area contributed by atoms with Crippen molar-refractivity contribution in [2.45, 2.75) is 26.7 Å². The Morgan fingerprint density at radius 2 is 1.55 bits per heavy atom. The van der Waals surface area contributed by atoms with Gasteiger partial charge in [0.15, 0.2) is 0 Å². The molecule has 1 aliphatic heterocycles. The van der Waals surface area contributed by atoms with Crippen LogP contribution < -0.4 is 15.5 Å². The maximum absolute atomic E-state index is 12.5. The maximum Gasteiger partial charge on any atom is 0.258 e. The Bertz CT molecular complexity index is 993. The number of rotatable bonds is 5. The lowest BCUT2D eigenvalue weighted by Crippen LogP contribution is -2.17. The van der Waals surface area contributed by atoms with Crippen molar-refractivity contribution >= 4 is 28.9 Å². The molecule has 1 aliphatic rings. The van der Waals surface area contributed by atoms with Crippen LogP contribution in [0, 0.1) is 13.8 Å². The molecule has 2 heterocycles. The zero-order valence-electron chi connectivity index (χ0n) is 16.8. The molecule has 4 rings (SSSR count). The van der Waals surface area contributed by atoms with Crippen LogP contribution in [0.5, 0.6) is 0 Å². The Morgan fingerprint density at radius 3 is 2.21 bits per heavy atom. The van der Waals surface area contributed by atoms with E-state index in [1.807, 2.05) is 36.4 Å². The van der Waals surface area contributed by atoms with Gasteiger partial charge in [-0.1, -0.05) is 6.07 Å². The highest BCUT2D eigenvalue weighted by Gasteiger charge is 2.13. The molecular weight excluding hydrogens is 362 g/mol. The molecule has 1 saturated heterocycles. The summed E-state index contributed by atoms with van der Waals surface area (Å²) >= 11 is 0. The summed E-state index contributed by atoms with van der Waals surface area (Å²) in [6.07, 6.45) is 5.55. The molecule has 0 unspecified atom stereocenters. The number of aromatic nitrogens is 2. The van der Waals surface area contributed by atoms with E-state index in [0.717, 1.165) is 24.5 Å². The van der Waals surface area contributed by atoms with Gasteiger partial charge in [-0.2, -0.15) is 0 Å². The zero-order chi connectivity index (χ0) is 20.2. The molecule has 3 aromatic rings. The van der Waals surface area contributed by atoms with Gasteiger partial charge in [0, 0.05) is 42.5 Å². The Balaban J connectivity index is 1.38. The number of carbonyl (C=O) groups excluding carboxylic acids is 1. The molecule has 0 aliphatic carbocycles. The second kappa shape index (κ2) is 8.31. The smallest absolute Gasteiger partial charge is 0.258 e. The molecule has 0 atom stereocenters. The summed E-state index contributed by atoms with van der Waals surface area (Å²) in [6, 6.07) is 14.0. The number of hydrogen-bond donors (Lipinski definition) is 2. The average Bonchev–Trinajstić information content (AvgIpc) is 3.27. The highest BCUT2D eigenvalue weighted by Crippen LogP contribution is 2.22. The highest BCUT2D eigenvalue weighted by molar-refractivity contribution is 6.04. The normalized spacial score (nSPS) is 13.4. The fourth-order valence-electron chi connectivity index (χ4n) is 3.39. The van der Waals surface area contributed by atoms with Gasteiger partial charge in [0.1, 0.15) is 0 Å². The van der Waals surface area contributed by atoms with Gasteiger partial charge in [-0.3, -0.25) is 4.79 Å². The van der Waals surface area contributed by atoms with E-state index >= 15 is 0 Å². The first-order chi connectivity index (χ1) is 14.1. The lowest BCUT2D eigenvalue weighted by Gasteiger charge is -2.17. The lowest BCUT2D eigenvalue weighted by molar-refractivity contribution is 0.102. The highest BCUT2D eigenvalue weighted by atomic mass is 16.1. The summed E-state index contributed by atoms with van der Waals surface area (Å²) in [5.41, 5.74) is 5.72. The summed E-state index contributed by atoms with van der Waals surface area (Å²) in [6.45, 7) is 6.34. The molecule has 0 spiro atoms. The van der Waals surface area contributed by atoms with Gasteiger partial charge >= 0.3 is 0 Å². The van der Waals surface area contributed by atoms with Crippen LogP contribution in [0.1, 0.15) is 34.3 Å². The van der Waals surface area contributed by atoms with E-state index in [1.165, 1.54) is 42.0 Å². The number of hydrogen-bond acceptors (Lipinski definition) is 5. The maximum atomic E-state index is 12.5.